The Morgan fingerprint density at radius 1 is 0.975 bits per heavy atom. The third kappa shape index (κ3) is 8.10. The zero-order chi connectivity index (χ0) is 27.1. The molecule has 0 amide bonds. The van der Waals surface area contributed by atoms with Gasteiger partial charge in [-0.3, -0.25) is 14.5 Å². The first-order chi connectivity index (χ1) is 18.4. The standard InChI is InChI=1S/C29H36FN3O5.2ClH/c1-4-18-37-25-10-9-24(30)27-28(25)33(20-23(29(27)35)21-5-7-22(36-3)8-6-21)12-11-26(34)38-19-17-32-15-13-31(2)14-16-32;;/h5-10,20H,4,11-19H2,1-3H3;2*1H. The lowest BCUT2D eigenvalue weighted by atomic mass is 10.0. The largest absolute Gasteiger partial charge is 0.497 e. The number of halogens is 3. The average molecular weight is 599 g/mol. The van der Waals surface area contributed by atoms with Gasteiger partial charge >= 0.3 is 5.97 Å². The SMILES string of the molecule is CCCOc1ccc(F)c2c(=O)c(-c3ccc(OC)cc3)cn(CCC(=O)OCCN3CCN(C)CC3)c12.Cl.Cl. The van der Waals surface area contributed by atoms with E-state index in [1.807, 2.05) is 6.92 Å². The first-order valence-corrected chi connectivity index (χ1v) is 13.1. The van der Waals surface area contributed by atoms with Crippen molar-refractivity contribution in [2.24, 2.45) is 0 Å². The van der Waals surface area contributed by atoms with Gasteiger partial charge in [-0.15, -0.1) is 24.8 Å². The number of rotatable bonds is 11. The molecule has 0 saturated carbocycles. The molecule has 4 rings (SSSR count). The second-order valence-corrected chi connectivity index (χ2v) is 9.53. The third-order valence-corrected chi connectivity index (χ3v) is 6.82. The summed E-state index contributed by atoms with van der Waals surface area (Å²) in [6.45, 7) is 7.54. The van der Waals surface area contributed by atoms with E-state index in [9.17, 15) is 9.59 Å². The average Bonchev–Trinajstić information content (AvgIpc) is 2.93. The summed E-state index contributed by atoms with van der Waals surface area (Å²) < 4.78 is 33.4. The van der Waals surface area contributed by atoms with E-state index >= 15 is 4.39 Å². The van der Waals surface area contributed by atoms with Gasteiger partial charge in [-0.05, 0) is 43.3 Å². The Morgan fingerprint density at radius 3 is 2.33 bits per heavy atom. The lowest BCUT2D eigenvalue weighted by Crippen LogP contribution is -2.45. The topological polar surface area (TPSA) is 73.2 Å². The van der Waals surface area contributed by atoms with Gasteiger partial charge in [-0.1, -0.05) is 19.1 Å². The minimum Gasteiger partial charge on any atom is -0.497 e. The van der Waals surface area contributed by atoms with Crippen LogP contribution in [0.2, 0.25) is 0 Å². The summed E-state index contributed by atoms with van der Waals surface area (Å²) in [5.74, 6) is 0.0813. The van der Waals surface area contributed by atoms with Crippen molar-refractivity contribution in [1.29, 1.82) is 0 Å². The van der Waals surface area contributed by atoms with Gasteiger partial charge in [-0.25, -0.2) is 4.39 Å². The zero-order valence-corrected chi connectivity index (χ0v) is 24.8. The van der Waals surface area contributed by atoms with Crippen LogP contribution in [0, 0.1) is 5.82 Å². The number of carbonyl (C=O) groups is 1. The second-order valence-electron chi connectivity index (χ2n) is 9.53. The fraction of sp³-hybridized carbons (Fsp3) is 0.448. The minimum atomic E-state index is -0.632. The molecule has 0 atom stereocenters. The van der Waals surface area contributed by atoms with Crippen molar-refractivity contribution < 1.29 is 23.4 Å². The van der Waals surface area contributed by atoms with Gasteiger partial charge < -0.3 is 23.7 Å². The van der Waals surface area contributed by atoms with E-state index in [1.165, 1.54) is 12.1 Å². The van der Waals surface area contributed by atoms with Gasteiger partial charge in [0.2, 0.25) is 0 Å². The zero-order valence-electron chi connectivity index (χ0n) is 23.2. The van der Waals surface area contributed by atoms with Crippen LogP contribution in [0.15, 0.2) is 47.4 Å². The molecular weight excluding hydrogens is 560 g/mol. The van der Waals surface area contributed by atoms with Crippen LogP contribution in [0.5, 0.6) is 11.5 Å². The Labute approximate surface area is 246 Å². The number of likely N-dealkylation sites (N-methyl/N-ethyl adjacent to an activating group) is 1. The maximum absolute atomic E-state index is 15.1. The van der Waals surface area contributed by atoms with Crippen molar-refractivity contribution in [2.75, 3.05) is 60.1 Å². The van der Waals surface area contributed by atoms with Crippen LogP contribution in [0.25, 0.3) is 22.0 Å². The van der Waals surface area contributed by atoms with Gasteiger partial charge in [0, 0.05) is 51.0 Å². The molecule has 1 aliphatic rings. The molecule has 0 aliphatic carbocycles. The Balaban J connectivity index is 0.00000280. The molecule has 1 saturated heterocycles. The number of aryl methyl sites for hydroxylation is 1. The molecule has 8 nitrogen and oxygen atoms in total. The molecule has 1 aromatic heterocycles. The molecule has 40 heavy (non-hydrogen) atoms. The molecule has 0 radical (unpaired) electrons. The van der Waals surface area contributed by atoms with E-state index in [0.717, 1.165) is 32.6 Å². The first kappa shape index (κ1) is 33.4. The Kier molecular flexibility index (Phi) is 13.2. The number of pyridine rings is 1. The molecule has 2 heterocycles. The van der Waals surface area contributed by atoms with Gasteiger partial charge in [0.15, 0.2) is 5.43 Å². The molecule has 1 aliphatic heterocycles. The number of methoxy groups -OCH3 is 1. The molecule has 3 aromatic rings. The van der Waals surface area contributed by atoms with Crippen LogP contribution in [0.1, 0.15) is 19.8 Å². The molecule has 0 bridgehead atoms. The van der Waals surface area contributed by atoms with Crippen LogP contribution < -0.4 is 14.9 Å². The lowest BCUT2D eigenvalue weighted by Gasteiger charge is -2.32. The number of esters is 1. The highest BCUT2D eigenvalue weighted by Gasteiger charge is 2.20. The molecule has 0 spiro atoms. The Bertz CT molecular complexity index is 1310. The summed E-state index contributed by atoms with van der Waals surface area (Å²) in [6.07, 6.45) is 2.50. The van der Waals surface area contributed by atoms with Crippen LogP contribution in [-0.2, 0) is 16.1 Å². The summed E-state index contributed by atoms with van der Waals surface area (Å²) in [7, 11) is 3.66. The number of fused-ring (bicyclic) bond motifs is 1. The normalized spacial score (nSPS) is 13.8. The van der Waals surface area contributed by atoms with E-state index < -0.39 is 11.2 Å². The van der Waals surface area contributed by atoms with E-state index in [4.69, 9.17) is 14.2 Å². The number of hydrogen-bond donors (Lipinski definition) is 0. The summed E-state index contributed by atoms with van der Waals surface area (Å²) >= 11 is 0. The fourth-order valence-corrected chi connectivity index (χ4v) is 4.59. The van der Waals surface area contributed by atoms with Crippen LogP contribution in [0.3, 0.4) is 0 Å². The molecule has 1 fully saturated rings. The van der Waals surface area contributed by atoms with Crippen molar-refractivity contribution >= 4 is 41.7 Å². The molecule has 220 valence electrons. The minimum absolute atomic E-state index is 0. The van der Waals surface area contributed by atoms with E-state index in [-0.39, 0.29) is 49.1 Å². The Hall–Kier alpha value is -2.85. The second kappa shape index (κ2) is 15.8. The summed E-state index contributed by atoms with van der Waals surface area (Å²) in [6, 6.07) is 9.80. The van der Waals surface area contributed by atoms with Crippen molar-refractivity contribution in [3.63, 3.8) is 0 Å². The highest BCUT2D eigenvalue weighted by molar-refractivity contribution is 5.89. The van der Waals surface area contributed by atoms with Crippen molar-refractivity contribution in [2.45, 2.75) is 26.3 Å². The maximum Gasteiger partial charge on any atom is 0.307 e. The summed E-state index contributed by atoms with van der Waals surface area (Å²) in [5.41, 5.74) is 0.858. The monoisotopic (exact) mass is 597 g/mol. The summed E-state index contributed by atoms with van der Waals surface area (Å²) in [4.78, 5) is 30.7. The lowest BCUT2D eigenvalue weighted by molar-refractivity contribution is -0.144. The Morgan fingerprint density at radius 2 is 1.68 bits per heavy atom. The quantitative estimate of drug-likeness (QED) is 0.298. The fourth-order valence-electron chi connectivity index (χ4n) is 4.59. The third-order valence-electron chi connectivity index (χ3n) is 6.82. The number of nitrogens with zero attached hydrogens (tertiary/aromatic N) is 3. The van der Waals surface area contributed by atoms with E-state index in [2.05, 4.69) is 16.8 Å². The number of hydrogen-bond acceptors (Lipinski definition) is 7. The number of benzene rings is 2. The van der Waals surface area contributed by atoms with Gasteiger partial charge in [0.1, 0.15) is 23.9 Å². The maximum atomic E-state index is 15.1. The predicted octanol–water partition coefficient (Wildman–Crippen LogP) is 4.63. The van der Waals surface area contributed by atoms with E-state index in [1.54, 1.807) is 42.1 Å². The highest BCUT2D eigenvalue weighted by atomic mass is 35.5. The van der Waals surface area contributed by atoms with Gasteiger partial charge in [-0.2, -0.15) is 0 Å². The molecular formula is C29H38Cl2FN3O5. The number of carbonyl (C=O) groups excluding carboxylic acids is 1. The van der Waals surface area contributed by atoms with E-state index in [0.29, 0.717) is 47.9 Å². The van der Waals surface area contributed by atoms with Crippen molar-refractivity contribution in [1.82, 2.24) is 14.4 Å². The van der Waals surface area contributed by atoms with Crippen molar-refractivity contribution in [3.05, 3.63) is 58.6 Å². The number of piperazine rings is 1. The van der Waals surface area contributed by atoms with Gasteiger partial charge in [0.05, 0.1) is 31.0 Å². The first-order valence-electron chi connectivity index (χ1n) is 13.1. The van der Waals surface area contributed by atoms with Crippen LogP contribution in [-0.4, -0.2) is 80.4 Å². The van der Waals surface area contributed by atoms with Crippen LogP contribution in [0.4, 0.5) is 4.39 Å². The van der Waals surface area contributed by atoms with Gasteiger partial charge in [0.25, 0.3) is 0 Å². The molecule has 0 N–H and O–H groups in total. The molecule has 0 unspecified atom stereocenters. The highest BCUT2D eigenvalue weighted by Crippen LogP contribution is 2.30. The molecule has 2 aromatic carbocycles. The van der Waals surface area contributed by atoms with Crippen molar-refractivity contribution in [3.8, 4) is 22.6 Å². The predicted molar refractivity (Wildman–Crippen MR) is 160 cm³/mol. The number of aromatic nitrogens is 1. The summed E-state index contributed by atoms with van der Waals surface area (Å²) in [5, 5.41) is -0.0599. The smallest absolute Gasteiger partial charge is 0.307 e. The van der Waals surface area contributed by atoms with Crippen LogP contribution >= 0.6 is 24.8 Å². The number of ether oxygens (including phenoxy) is 3. The molecule has 11 heteroatoms.